The number of hydrogen-bond donors (Lipinski definition) is 3. The second-order valence-electron chi connectivity index (χ2n) is 10.1. The Labute approximate surface area is 237 Å². The number of fused-ring (bicyclic) bond motifs is 1. The van der Waals surface area contributed by atoms with E-state index in [1.54, 1.807) is 50.8 Å². The molecule has 40 heavy (non-hydrogen) atoms. The minimum absolute atomic E-state index is 0.0390. The zero-order valence-electron chi connectivity index (χ0n) is 23.0. The fourth-order valence-corrected chi connectivity index (χ4v) is 3.96. The van der Waals surface area contributed by atoms with Crippen molar-refractivity contribution in [3.8, 4) is 5.75 Å². The summed E-state index contributed by atoms with van der Waals surface area (Å²) in [6, 6.07) is 7.52. The molecule has 0 aliphatic rings. The van der Waals surface area contributed by atoms with Gasteiger partial charge < -0.3 is 25.2 Å². The lowest BCUT2D eigenvalue weighted by atomic mass is 10.1. The van der Waals surface area contributed by atoms with Crippen molar-refractivity contribution in [2.45, 2.75) is 39.4 Å². The second-order valence-corrected chi connectivity index (χ2v) is 10.5. The number of anilines is 3. The first kappa shape index (κ1) is 30.7. The highest BCUT2D eigenvalue weighted by molar-refractivity contribution is 6.31. The molecule has 0 aliphatic carbocycles. The summed E-state index contributed by atoms with van der Waals surface area (Å²) in [5, 5.41) is 16.2. The molecular weight excluding hydrogens is 541 g/mol. The molecule has 0 spiro atoms. The van der Waals surface area contributed by atoms with Gasteiger partial charge in [0.05, 0.1) is 36.0 Å². The summed E-state index contributed by atoms with van der Waals surface area (Å²) in [4.78, 5) is 35.2. The first-order valence-electron chi connectivity index (χ1n) is 12.5. The normalized spacial score (nSPS) is 12.5. The maximum Gasteiger partial charge on any atom is 0.320 e. The molecule has 0 fully saturated rings. The fourth-order valence-electron chi connectivity index (χ4n) is 3.78. The molecule has 214 valence electrons. The summed E-state index contributed by atoms with van der Waals surface area (Å²) in [7, 11) is 1.47. The van der Waals surface area contributed by atoms with Crippen molar-refractivity contribution in [2.24, 2.45) is 0 Å². The van der Waals surface area contributed by atoms with Crippen LogP contribution in [0.5, 0.6) is 5.75 Å². The lowest BCUT2D eigenvalue weighted by Gasteiger charge is -2.25. The van der Waals surface area contributed by atoms with E-state index in [2.05, 4.69) is 20.6 Å². The van der Waals surface area contributed by atoms with E-state index in [4.69, 9.17) is 21.1 Å². The Bertz CT molecular complexity index is 1390. The van der Waals surface area contributed by atoms with Crippen LogP contribution < -0.4 is 15.4 Å². The number of nitrogens with zero attached hydrogens (tertiary/aromatic N) is 3. The fraction of sp³-hybridized carbons (Fsp3) is 0.357. The van der Waals surface area contributed by atoms with Crippen molar-refractivity contribution in [1.82, 2.24) is 14.9 Å². The van der Waals surface area contributed by atoms with Crippen LogP contribution in [0.3, 0.4) is 0 Å². The molecule has 0 aliphatic heterocycles. The number of nitrogens with one attached hydrogen (secondary N) is 2. The molecule has 1 atom stereocenters. The number of carbonyl (C=O) groups is 2. The van der Waals surface area contributed by atoms with E-state index in [9.17, 15) is 19.1 Å². The highest BCUT2D eigenvalue weighted by atomic mass is 35.5. The van der Waals surface area contributed by atoms with Crippen molar-refractivity contribution in [3.63, 3.8) is 0 Å². The van der Waals surface area contributed by atoms with Crippen LogP contribution in [0.25, 0.3) is 10.9 Å². The molecule has 1 heterocycles. The Morgan fingerprint density at radius 2 is 1.98 bits per heavy atom. The molecule has 0 unspecified atom stereocenters. The van der Waals surface area contributed by atoms with E-state index in [1.165, 1.54) is 37.7 Å². The second kappa shape index (κ2) is 13.5. The van der Waals surface area contributed by atoms with Gasteiger partial charge in [-0.3, -0.25) is 14.5 Å². The van der Waals surface area contributed by atoms with E-state index >= 15 is 0 Å². The first-order valence-corrected chi connectivity index (χ1v) is 12.9. The lowest BCUT2D eigenvalue weighted by molar-refractivity contribution is -0.156. The summed E-state index contributed by atoms with van der Waals surface area (Å²) in [6.45, 7) is 7.35. The summed E-state index contributed by atoms with van der Waals surface area (Å²) in [5.41, 5.74) is 0.805. The first-order chi connectivity index (χ1) is 18.8. The molecule has 3 rings (SSSR count). The zero-order valence-corrected chi connectivity index (χ0v) is 23.8. The summed E-state index contributed by atoms with van der Waals surface area (Å²) in [5.74, 6) is -0.618. The van der Waals surface area contributed by atoms with Gasteiger partial charge in [0, 0.05) is 36.3 Å². The SMILES string of the molecule is COc1cc2ncnc(Nc3ccc(F)c(Cl)c3)c2cc1NC(=O)C=CCN(CC(=O)OC(C)(C)C)C[C@@H](C)O. The average molecular weight is 574 g/mol. The van der Waals surface area contributed by atoms with Crippen molar-refractivity contribution in [2.75, 3.05) is 37.4 Å². The number of amides is 1. The molecule has 0 bridgehead atoms. The van der Waals surface area contributed by atoms with Crippen LogP contribution in [-0.4, -0.2) is 70.3 Å². The van der Waals surface area contributed by atoms with Crippen LogP contribution in [0, 0.1) is 5.82 Å². The standard InChI is InChI=1S/C28H33ClFN5O5/c1-17(36)14-35(15-26(38)40-28(2,3)4)10-6-7-25(37)34-23-12-19-22(13-24(23)39-5)31-16-32-27(19)33-18-8-9-21(30)20(29)11-18/h6-9,11-13,16-17,36H,10,14-15H2,1-5H3,(H,34,37)(H,31,32,33)/t17-/m1/s1. The van der Waals surface area contributed by atoms with Crippen LogP contribution in [0.4, 0.5) is 21.6 Å². The Hall–Kier alpha value is -3.80. The van der Waals surface area contributed by atoms with Crippen LogP contribution in [0.2, 0.25) is 5.02 Å². The maximum absolute atomic E-state index is 13.6. The molecule has 12 heteroatoms. The van der Waals surface area contributed by atoms with Crippen molar-refractivity contribution < 1.29 is 28.6 Å². The summed E-state index contributed by atoms with van der Waals surface area (Å²) in [6.07, 6.45) is 3.60. The van der Waals surface area contributed by atoms with Crippen molar-refractivity contribution >= 4 is 51.6 Å². The number of esters is 1. The molecule has 0 radical (unpaired) electrons. The molecular formula is C28H33ClFN5O5. The number of methoxy groups -OCH3 is 1. The average Bonchev–Trinajstić information content (AvgIpc) is 2.84. The van der Waals surface area contributed by atoms with E-state index in [-0.39, 0.29) is 24.7 Å². The molecule has 10 nitrogen and oxygen atoms in total. The minimum Gasteiger partial charge on any atom is -0.494 e. The van der Waals surface area contributed by atoms with Gasteiger partial charge in [0.15, 0.2) is 0 Å². The highest BCUT2D eigenvalue weighted by Crippen LogP contribution is 2.33. The number of aliphatic hydroxyl groups excluding tert-OH is 1. The summed E-state index contributed by atoms with van der Waals surface area (Å²) < 4.78 is 24.4. The van der Waals surface area contributed by atoms with E-state index < -0.39 is 29.4 Å². The molecule has 0 saturated carbocycles. The van der Waals surface area contributed by atoms with Gasteiger partial charge in [0.2, 0.25) is 5.91 Å². The number of aliphatic hydroxyl groups is 1. The van der Waals surface area contributed by atoms with Crippen molar-refractivity contribution in [3.05, 3.63) is 59.7 Å². The van der Waals surface area contributed by atoms with Crippen molar-refractivity contribution in [1.29, 1.82) is 0 Å². The third-order valence-electron chi connectivity index (χ3n) is 5.32. The van der Waals surface area contributed by atoms with Crippen LogP contribution >= 0.6 is 11.6 Å². The van der Waals surface area contributed by atoms with E-state index in [0.717, 1.165) is 0 Å². The number of ether oxygens (including phenoxy) is 2. The van der Waals surface area contributed by atoms with Gasteiger partial charge in [-0.1, -0.05) is 17.7 Å². The lowest BCUT2D eigenvalue weighted by Crippen LogP contribution is -2.38. The molecule has 3 aromatic rings. The Balaban J connectivity index is 1.76. The van der Waals surface area contributed by atoms with Gasteiger partial charge in [-0.25, -0.2) is 14.4 Å². The van der Waals surface area contributed by atoms with Gasteiger partial charge in [-0.05, 0) is 52.0 Å². The van der Waals surface area contributed by atoms with Gasteiger partial charge >= 0.3 is 5.97 Å². The Morgan fingerprint density at radius 3 is 2.62 bits per heavy atom. The van der Waals surface area contributed by atoms with Gasteiger partial charge in [0.25, 0.3) is 0 Å². The predicted molar refractivity (Wildman–Crippen MR) is 153 cm³/mol. The number of benzene rings is 2. The molecule has 2 aromatic carbocycles. The molecule has 3 N–H and O–H groups in total. The monoisotopic (exact) mass is 573 g/mol. The number of hydrogen-bond acceptors (Lipinski definition) is 9. The topological polar surface area (TPSA) is 126 Å². The number of rotatable bonds is 11. The number of carbonyl (C=O) groups excluding carboxylic acids is 2. The minimum atomic E-state index is -0.678. The number of aromatic nitrogens is 2. The number of halogens is 2. The quantitative estimate of drug-likeness (QED) is 0.221. The highest BCUT2D eigenvalue weighted by Gasteiger charge is 2.19. The molecule has 1 aromatic heterocycles. The molecule has 0 saturated heterocycles. The predicted octanol–water partition coefficient (Wildman–Crippen LogP) is 4.69. The maximum atomic E-state index is 13.6. The third-order valence-corrected chi connectivity index (χ3v) is 5.61. The molecule has 1 amide bonds. The largest absolute Gasteiger partial charge is 0.494 e. The third kappa shape index (κ3) is 9.15. The van der Waals surface area contributed by atoms with E-state index in [1.807, 2.05) is 0 Å². The van der Waals surface area contributed by atoms with Gasteiger partial charge in [-0.15, -0.1) is 0 Å². The van der Waals surface area contributed by atoms with Gasteiger partial charge in [-0.2, -0.15) is 0 Å². The Morgan fingerprint density at radius 1 is 1.23 bits per heavy atom. The zero-order chi connectivity index (χ0) is 29.4. The van der Waals surface area contributed by atoms with E-state index in [0.29, 0.717) is 33.8 Å². The Kier molecular flexibility index (Phi) is 10.4. The van der Waals surface area contributed by atoms with Crippen LogP contribution in [-0.2, 0) is 14.3 Å². The smallest absolute Gasteiger partial charge is 0.320 e. The summed E-state index contributed by atoms with van der Waals surface area (Å²) >= 11 is 5.90. The van der Waals surface area contributed by atoms with Gasteiger partial charge in [0.1, 0.15) is 29.3 Å². The van der Waals surface area contributed by atoms with Crippen LogP contribution in [0.15, 0.2) is 48.8 Å². The van der Waals surface area contributed by atoms with Crippen LogP contribution in [0.1, 0.15) is 27.7 Å².